The zero-order valence-corrected chi connectivity index (χ0v) is 18.0. The lowest BCUT2D eigenvalue weighted by atomic mass is 9.99. The van der Waals surface area contributed by atoms with Crippen LogP contribution >= 0.6 is 0 Å². The summed E-state index contributed by atoms with van der Waals surface area (Å²) in [6.07, 6.45) is 1.06. The summed E-state index contributed by atoms with van der Waals surface area (Å²) in [5.41, 5.74) is 1.89. The quantitative estimate of drug-likeness (QED) is 0.555. The van der Waals surface area contributed by atoms with Crippen molar-refractivity contribution >= 4 is 32.5 Å². The number of nitrogens with zero attached hydrogens (tertiary/aromatic N) is 1. The van der Waals surface area contributed by atoms with Crippen LogP contribution < -0.4 is 9.64 Å². The third-order valence-corrected chi connectivity index (χ3v) is 6.13. The Hall–Kier alpha value is -2.90. The largest absolute Gasteiger partial charge is 0.484 e. The number of benzene rings is 3. The Bertz CT molecular complexity index is 1160. The van der Waals surface area contributed by atoms with E-state index in [1.54, 1.807) is 31.3 Å². The number of rotatable bonds is 7. The fourth-order valence-electron chi connectivity index (χ4n) is 3.09. The van der Waals surface area contributed by atoms with E-state index in [4.69, 9.17) is 4.74 Å². The molecule has 0 aliphatic heterocycles. The van der Waals surface area contributed by atoms with E-state index in [-0.39, 0.29) is 17.4 Å². The topological polar surface area (TPSA) is 83.9 Å². The predicted molar refractivity (Wildman–Crippen MR) is 118 cm³/mol. The van der Waals surface area contributed by atoms with E-state index >= 15 is 0 Å². The third-order valence-electron chi connectivity index (χ3n) is 5.28. The number of hydrogen-bond donors (Lipinski definition) is 1. The lowest BCUT2D eigenvalue weighted by Gasteiger charge is -2.18. The van der Waals surface area contributed by atoms with E-state index < -0.39 is 10.1 Å². The summed E-state index contributed by atoms with van der Waals surface area (Å²) in [6, 6.07) is 17.3. The van der Waals surface area contributed by atoms with Gasteiger partial charge in [-0.15, -0.1) is 0 Å². The Morgan fingerprint density at radius 2 is 1.67 bits per heavy atom. The Morgan fingerprint density at radius 1 is 1.03 bits per heavy atom. The van der Waals surface area contributed by atoms with Crippen molar-refractivity contribution in [3.63, 3.8) is 0 Å². The summed E-state index contributed by atoms with van der Waals surface area (Å²) in [5, 5.41) is 1.40. The fraction of sp³-hybridized carbons (Fsp3) is 0.261. The molecule has 0 fully saturated rings. The molecule has 3 aromatic carbocycles. The lowest BCUT2D eigenvalue weighted by Crippen LogP contribution is -2.31. The summed E-state index contributed by atoms with van der Waals surface area (Å²) in [4.78, 5) is 13.9. The van der Waals surface area contributed by atoms with Crippen molar-refractivity contribution in [3.8, 4) is 5.75 Å². The van der Waals surface area contributed by atoms with Crippen LogP contribution in [0.4, 0.5) is 5.69 Å². The van der Waals surface area contributed by atoms with Crippen LogP contribution in [-0.2, 0) is 14.9 Å². The van der Waals surface area contributed by atoms with Crippen molar-refractivity contribution in [1.29, 1.82) is 0 Å². The summed E-state index contributed by atoms with van der Waals surface area (Å²) in [6.45, 7) is 4.21. The minimum atomic E-state index is -4.26. The summed E-state index contributed by atoms with van der Waals surface area (Å²) >= 11 is 0. The second-order valence-electron chi connectivity index (χ2n) is 7.29. The van der Waals surface area contributed by atoms with Crippen molar-refractivity contribution < 1.29 is 22.5 Å². The number of hydrogen-bond acceptors (Lipinski definition) is 4. The minimum Gasteiger partial charge on any atom is -0.484 e. The third kappa shape index (κ3) is 4.98. The molecule has 1 unspecified atom stereocenters. The molecule has 3 aromatic rings. The number of likely N-dealkylation sites (N-methyl/N-ethyl adjacent to an activating group) is 1. The van der Waals surface area contributed by atoms with Crippen LogP contribution in [0.1, 0.15) is 31.7 Å². The zero-order chi connectivity index (χ0) is 21.9. The monoisotopic (exact) mass is 427 g/mol. The molecule has 0 aliphatic rings. The van der Waals surface area contributed by atoms with E-state index in [2.05, 4.69) is 13.8 Å². The number of carbonyl (C=O) groups is 1. The molecule has 0 aromatic heterocycles. The number of carbonyl (C=O) groups excluding carboxylic acids is 1. The molecule has 0 saturated heterocycles. The summed E-state index contributed by atoms with van der Waals surface area (Å²) in [7, 11) is -2.60. The van der Waals surface area contributed by atoms with Crippen molar-refractivity contribution in [2.45, 2.75) is 31.1 Å². The molecular weight excluding hydrogens is 402 g/mol. The Morgan fingerprint density at radius 3 is 2.30 bits per heavy atom. The van der Waals surface area contributed by atoms with Crippen LogP contribution in [0.5, 0.6) is 5.75 Å². The second-order valence-corrected chi connectivity index (χ2v) is 8.71. The van der Waals surface area contributed by atoms with Gasteiger partial charge in [0.05, 0.1) is 4.90 Å². The molecule has 0 bridgehead atoms. The molecule has 7 heteroatoms. The number of fused-ring (bicyclic) bond motifs is 1. The van der Waals surface area contributed by atoms with Crippen LogP contribution in [0.3, 0.4) is 0 Å². The first-order chi connectivity index (χ1) is 14.2. The van der Waals surface area contributed by atoms with Gasteiger partial charge >= 0.3 is 0 Å². The second kappa shape index (κ2) is 8.85. The van der Waals surface area contributed by atoms with Crippen LogP contribution in [0.2, 0.25) is 0 Å². The normalized spacial score (nSPS) is 12.5. The molecule has 1 amide bonds. The Labute approximate surface area is 176 Å². The average molecular weight is 428 g/mol. The highest BCUT2D eigenvalue weighted by molar-refractivity contribution is 7.85. The SMILES string of the molecule is CCC(C)c1ccc(OCC(=O)N(C)c2ccc3cc(S(=O)(=O)O)ccc3c2)cc1. The van der Waals surface area contributed by atoms with Crippen LogP contribution in [0, 0.1) is 0 Å². The highest BCUT2D eigenvalue weighted by Gasteiger charge is 2.14. The van der Waals surface area contributed by atoms with Gasteiger partial charge in [0.25, 0.3) is 16.0 Å². The number of anilines is 1. The molecule has 158 valence electrons. The van der Waals surface area contributed by atoms with E-state index in [0.29, 0.717) is 22.7 Å². The van der Waals surface area contributed by atoms with E-state index in [1.165, 1.54) is 22.6 Å². The van der Waals surface area contributed by atoms with Crippen molar-refractivity contribution in [1.82, 2.24) is 0 Å². The molecule has 0 aliphatic carbocycles. The minimum absolute atomic E-state index is 0.0983. The fourth-order valence-corrected chi connectivity index (χ4v) is 3.61. The van der Waals surface area contributed by atoms with Gasteiger partial charge in [0.2, 0.25) is 0 Å². The Balaban J connectivity index is 1.68. The van der Waals surface area contributed by atoms with Gasteiger partial charge in [-0.3, -0.25) is 9.35 Å². The maximum absolute atomic E-state index is 12.5. The van der Waals surface area contributed by atoms with Crippen molar-refractivity contribution in [3.05, 3.63) is 66.2 Å². The van der Waals surface area contributed by atoms with Gasteiger partial charge in [0, 0.05) is 12.7 Å². The van der Waals surface area contributed by atoms with Crippen molar-refractivity contribution in [2.24, 2.45) is 0 Å². The first kappa shape index (κ1) is 21.8. The summed E-state index contributed by atoms with van der Waals surface area (Å²) in [5.74, 6) is 0.906. The standard InChI is InChI=1S/C23H25NO5S/c1-4-16(2)17-6-10-21(11-7-17)29-15-23(25)24(3)20-9-5-19-14-22(30(26,27)28)12-8-18(19)13-20/h5-14,16H,4,15H2,1-3H3,(H,26,27,28). The van der Waals surface area contributed by atoms with Gasteiger partial charge in [0.15, 0.2) is 6.61 Å². The summed E-state index contributed by atoms with van der Waals surface area (Å²) < 4.78 is 37.4. The molecule has 0 spiro atoms. The molecule has 6 nitrogen and oxygen atoms in total. The number of amides is 1. The molecule has 1 atom stereocenters. The first-order valence-electron chi connectivity index (χ1n) is 9.69. The van der Waals surface area contributed by atoms with E-state index in [9.17, 15) is 17.8 Å². The maximum atomic E-state index is 12.5. The smallest absolute Gasteiger partial charge is 0.294 e. The van der Waals surface area contributed by atoms with E-state index in [1.807, 2.05) is 24.3 Å². The van der Waals surface area contributed by atoms with Gasteiger partial charge in [-0.05, 0) is 65.1 Å². The van der Waals surface area contributed by atoms with Crippen LogP contribution in [-0.4, -0.2) is 32.5 Å². The molecule has 1 N–H and O–H groups in total. The molecule has 30 heavy (non-hydrogen) atoms. The Kier molecular flexibility index (Phi) is 6.43. The molecule has 0 saturated carbocycles. The molecular formula is C23H25NO5S. The van der Waals surface area contributed by atoms with Crippen LogP contribution in [0.25, 0.3) is 10.8 Å². The van der Waals surface area contributed by atoms with Crippen LogP contribution in [0.15, 0.2) is 65.6 Å². The molecule has 0 heterocycles. The average Bonchev–Trinajstić information content (AvgIpc) is 2.75. The van der Waals surface area contributed by atoms with Crippen molar-refractivity contribution in [2.75, 3.05) is 18.6 Å². The van der Waals surface area contributed by atoms with Gasteiger partial charge in [-0.2, -0.15) is 8.42 Å². The van der Waals surface area contributed by atoms with Gasteiger partial charge in [-0.25, -0.2) is 0 Å². The highest BCUT2D eigenvalue weighted by atomic mass is 32.2. The molecule has 0 radical (unpaired) electrons. The zero-order valence-electron chi connectivity index (χ0n) is 17.2. The highest BCUT2D eigenvalue weighted by Crippen LogP contribution is 2.25. The van der Waals surface area contributed by atoms with Gasteiger partial charge in [0.1, 0.15) is 5.75 Å². The van der Waals surface area contributed by atoms with Gasteiger partial charge < -0.3 is 9.64 Å². The molecule has 3 rings (SSSR count). The predicted octanol–water partition coefficient (Wildman–Crippen LogP) is 4.64. The van der Waals surface area contributed by atoms with Gasteiger partial charge in [-0.1, -0.05) is 38.1 Å². The lowest BCUT2D eigenvalue weighted by molar-refractivity contribution is -0.120. The first-order valence-corrected chi connectivity index (χ1v) is 11.1. The van der Waals surface area contributed by atoms with E-state index in [0.717, 1.165) is 11.8 Å². The number of ether oxygens (including phenoxy) is 1. The maximum Gasteiger partial charge on any atom is 0.294 e.